The fourth-order valence-electron chi connectivity index (χ4n) is 3.60. The van der Waals surface area contributed by atoms with Gasteiger partial charge in [-0.15, -0.1) is 0 Å². The summed E-state index contributed by atoms with van der Waals surface area (Å²) in [7, 11) is 0. The maximum absolute atomic E-state index is 4.55. The van der Waals surface area contributed by atoms with Crippen LogP contribution in [0.25, 0.3) is 32.8 Å². The zero-order chi connectivity index (χ0) is 18.1. The molecule has 27 heavy (non-hydrogen) atoms. The standard InChI is InChI=1S/C25H18N2/c1-2-10-20(11-3-1)26-17-21-14-15-24(27-21)25-22-12-6-4-8-18(22)16-19-9-5-7-13-23(19)25/h1-17,27H. The fraction of sp³-hybridized carbons (Fsp3) is 0. The molecule has 4 aromatic carbocycles. The van der Waals surface area contributed by atoms with E-state index < -0.39 is 0 Å². The molecule has 1 heterocycles. The number of fused-ring (bicyclic) bond motifs is 2. The van der Waals surface area contributed by atoms with E-state index in [-0.39, 0.29) is 0 Å². The van der Waals surface area contributed by atoms with Crippen molar-refractivity contribution in [1.29, 1.82) is 0 Å². The lowest BCUT2D eigenvalue weighted by Gasteiger charge is -2.10. The molecule has 1 N–H and O–H groups in total. The number of nitrogens with one attached hydrogen (secondary N) is 1. The van der Waals surface area contributed by atoms with E-state index in [0.717, 1.165) is 17.1 Å². The van der Waals surface area contributed by atoms with E-state index in [2.05, 4.69) is 76.7 Å². The van der Waals surface area contributed by atoms with Crippen LogP contribution in [0.1, 0.15) is 5.69 Å². The normalized spacial score (nSPS) is 11.6. The number of nitrogens with zero attached hydrogens (tertiary/aromatic N) is 1. The second-order valence-corrected chi connectivity index (χ2v) is 6.61. The highest BCUT2D eigenvalue weighted by Gasteiger charge is 2.10. The summed E-state index contributed by atoms with van der Waals surface area (Å²) < 4.78 is 0. The highest BCUT2D eigenvalue weighted by atomic mass is 14.8. The summed E-state index contributed by atoms with van der Waals surface area (Å²) >= 11 is 0. The van der Waals surface area contributed by atoms with Gasteiger partial charge in [-0.05, 0) is 51.9 Å². The number of hydrogen-bond donors (Lipinski definition) is 1. The van der Waals surface area contributed by atoms with Crippen molar-refractivity contribution in [1.82, 2.24) is 4.98 Å². The summed E-state index contributed by atoms with van der Waals surface area (Å²) in [5.41, 5.74) is 4.29. The van der Waals surface area contributed by atoms with Gasteiger partial charge in [-0.3, -0.25) is 4.99 Å². The minimum atomic E-state index is 0.948. The van der Waals surface area contributed by atoms with Crippen LogP contribution in [0.5, 0.6) is 0 Å². The van der Waals surface area contributed by atoms with Crippen molar-refractivity contribution in [2.45, 2.75) is 0 Å². The number of aromatic amines is 1. The largest absolute Gasteiger partial charge is 0.354 e. The minimum Gasteiger partial charge on any atom is -0.354 e. The van der Waals surface area contributed by atoms with Crippen molar-refractivity contribution in [3.8, 4) is 11.3 Å². The predicted octanol–water partition coefficient (Wildman–Crippen LogP) is 6.74. The van der Waals surface area contributed by atoms with Crippen LogP contribution in [0.15, 0.2) is 102 Å². The molecule has 0 aliphatic rings. The quantitative estimate of drug-likeness (QED) is 0.277. The summed E-state index contributed by atoms with van der Waals surface area (Å²) in [6.07, 6.45) is 1.88. The molecule has 0 saturated heterocycles. The molecule has 0 saturated carbocycles. The van der Waals surface area contributed by atoms with E-state index in [1.807, 2.05) is 36.5 Å². The molecule has 5 rings (SSSR count). The van der Waals surface area contributed by atoms with Crippen LogP contribution < -0.4 is 0 Å². The third-order valence-corrected chi connectivity index (χ3v) is 4.86. The van der Waals surface area contributed by atoms with Crippen LogP contribution in [0.2, 0.25) is 0 Å². The Morgan fingerprint density at radius 2 is 1.26 bits per heavy atom. The molecule has 0 amide bonds. The first-order valence-electron chi connectivity index (χ1n) is 9.07. The molecule has 0 unspecified atom stereocenters. The minimum absolute atomic E-state index is 0.948. The maximum atomic E-state index is 4.55. The topological polar surface area (TPSA) is 28.1 Å². The second-order valence-electron chi connectivity index (χ2n) is 6.61. The number of H-pyrrole nitrogens is 1. The zero-order valence-corrected chi connectivity index (χ0v) is 14.8. The molecule has 2 heteroatoms. The molecule has 0 radical (unpaired) electrons. The Balaban J connectivity index is 1.65. The number of hydrogen-bond acceptors (Lipinski definition) is 1. The van der Waals surface area contributed by atoms with Gasteiger partial charge in [0.25, 0.3) is 0 Å². The number of benzene rings is 4. The van der Waals surface area contributed by atoms with E-state index in [4.69, 9.17) is 0 Å². The summed E-state index contributed by atoms with van der Waals surface area (Å²) in [5, 5.41) is 5.01. The maximum Gasteiger partial charge on any atom is 0.0630 e. The highest BCUT2D eigenvalue weighted by Crippen LogP contribution is 2.35. The van der Waals surface area contributed by atoms with Gasteiger partial charge >= 0.3 is 0 Å². The van der Waals surface area contributed by atoms with Crippen molar-refractivity contribution in [3.05, 3.63) is 103 Å². The van der Waals surface area contributed by atoms with Crippen molar-refractivity contribution in [2.24, 2.45) is 4.99 Å². The summed E-state index contributed by atoms with van der Waals surface area (Å²) in [5.74, 6) is 0. The highest BCUT2D eigenvalue weighted by molar-refractivity contribution is 6.12. The molecule has 0 aliphatic carbocycles. The van der Waals surface area contributed by atoms with Crippen molar-refractivity contribution < 1.29 is 0 Å². The van der Waals surface area contributed by atoms with Gasteiger partial charge in [-0.25, -0.2) is 0 Å². The van der Waals surface area contributed by atoms with Gasteiger partial charge in [0.1, 0.15) is 0 Å². The van der Waals surface area contributed by atoms with Crippen LogP contribution in [0.4, 0.5) is 5.69 Å². The van der Waals surface area contributed by atoms with Crippen molar-refractivity contribution in [3.63, 3.8) is 0 Å². The Labute approximate surface area is 157 Å². The van der Waals surface area contributed by atoms with E-state index in [9.17, 15) is 0 Å². The molecule has 0 atom stereocenters. The lowest BCUT2D eigenvalue weighted by atomic mass is 9.95. The van der Waals surface area contributed by atoms with Crippen LogP contribution in [0.3, 0.4) is 0 Å². The van der Waals surface area contributed by atoms with Crippen LogP contribution >= 0.6 is 0 Å². The Morgan fingerprint density at radius 3 is 1.96 bits per heavy atom. The molecule has 0 aliphatic heterocycles. The molecular weight excluding hydrogens is 328 g/mol. The second kappa shape index (κ2) is 6.58. The van der Waals surface area contributed by atoms with E-state index in [0.29, 0.717) is 0 Å². The summed E-state index contributed by atoms with van der Waals surface area (Å²) in [6, 6.07) is 33.6. The first-order chi connectivity index (χ1) is 13.4. The smallest absolute Gasteiger partial charge is 0.0630 e. The molecule has 2 nitrogen and oxygen atoms in total. The molecule has 1 aromatic heterocycles. The molecule has 0 bridgehead atoms. The van der Waals surface area contributed by atoms with E-state index in [1.54, 1.807) is 0 Å². The Bertz CT molecular complexity index is 1210. The van der Waals surface area contributed by atoms with Gasteiger partial charge < -0.3 is 4.98 Å². The molecule has 128 valence electrons. The Morgan fingerprint density at radius 1 is 0.630 bits per heavy atom. The van der Waals surface area contributed by atoms with Gasteiger partial charge in [-0.1, -0.05) is 66.7 Å². The number of rotatable bonds is 3. The first-order valence-corrected chi connectivity index (χ1v) is 9.07. The number of aliphatic imine (C=N–C) groups is 1. The van der Waals surface area contributed by atoms with Crippen LogP contribution in [0, 0.1) is 0 Å². The van der Waals surface area contributed by atoms with Gasteiger partial charge in [0, 0.05) is 11.3 Å². The summed E-state index contributed by atoms with van der Waals surface area (Å²) in [6.45, 7) is 0. The van der Waals surface area contributed by atoms with Crippen LogP contribution in [-0.2, 0) is 0 Å². The first kappa shape index (κ1) is 15.6. The molecule has 0 fully saturated rings. The van der Waals surface area contributed by atoms with E-state index >= 15 is 0 Å². The Kier molecular flexibility index (Phi) is 3.80. The Hall–Kier alpha value is -3.65. The monoisotopic (exact) mass is 346 g/mol. The molecule has 5 aromatic rings. The average Bonchev–Trinajstić information content (AvgIpc) is 3.20. The van der Waals surface area contributed by atoms with Gasteiger partial charge in [0.15, 0.2) is 0 Å². The van der Waals surface area contributed by atoms with Gasteiger partial charge in [0.2, 0.25) is 0 Å². The van der Waals surface area contributed by atoms with Gasteiger partial charge in [-0.2, -0.15) is 0 Å². The number of aromatic nitrogens is 1. The third-order valence-electron chi connectivity index (χ3n) is 4.86. The fourth-order valence-corrected chi connectivity index (χ4v) is 3.60. The predicted molar refractivity (Wildman–Crippen MR) is 115 cm³/mol. The van der Waals surface area contributed by atoms with E-state index in [1.165, 1.54) is 27.1 Å². The lowest BCUT2D eigenvalue weighted by molar-refractivity contribution is 1.38. The molecule has 0 spiro atoms. The van der Waals surface area contributed by atoms with Crippen LogP contribution in [-0.4, -0.2) is 11.2 Å². The van der Waals surface area contributed by atoms with Gasteiger partial charge in [0.05, 0.1) is 17.6 Å². The lowest BCUT2D eigenvalue weighted by Crippen LogP contribution is -1.87. The molecular formula is C25H18N2. The zero-order valence-electron chi connectivity index (χ0n) is 14.8. The number of para-hydroxylation sites is 1. The summed E-state index contributed by atoms with van der Waals surface area (Å²) in [4.78, 5) is 8.09. The SMILES string of the molecule is C(=Nc1ccccc1)c1ccc(-c2c3ccccc3cc3ccccc23)[nH]1. The van der Waals surface area contributed by atoms with Crippen molar-refractivity contribution >= 4 is 33.4 Å². The average molecular weight is 346 g/mol. The van der Waals surface area contributed by atoms with Crippen molar-refractivity contribution in [2.75, 3.05) is 0 Å². The third kappa shape index (κ3) is 2.91.